The first-order valence-electron chi connectivity index (χ1n) is 8.11. The van der Waals surface area contributed by atoms with Gasteiger partial charge in [-0.3, -0.25) is 4.90 Å². The highest BCUT2D eigenvalue weighted by atomic mass is 15.3. The molecule has 2 aliphatic rings. The summed E-state index contributed by atoms with van der Waals surface area (Å²) in [6, 6.07) is 1.56. The van der Waals surface area contributed by atoms with Crippen LogP contribution in [-0.2, 0) is 0 Å². The van der Waals surface area contributed by atoms with E-state index in [0.717, 1.165) is 12.0 Å². The minimum Gasteiger partial charge on any atom is -0.308 e. The second-order valence-electron chi connectivity index (χ2n) is 6.82. The van der Waals surface area contributed by atoms with Gasteiger partial charge in [-0.15, -0.1) is 0 Å². The Morgan fingerprint density at radius 3 is 2.50 bits per heavy atom. The molecule has 0 radical (unpaired) electrons. The van der Waals surface area contributed by atoms with Gasteiger partial charge in [0.05, 0.1) is 0 Å². The fourth-order valence-corrected chi connectivity index (χ4v) is 3.96. The van der Waals surface area contributed by atoms with Crippen LogP contribution in [0.5, 0.6) is 0 Å². The largest absolute Gasteiger partial charge is 0.308 e. The van der Waals surface area contributed by atoms with Gasteiger partial charge in [0.15, 0.2) is 0 Å². The van der Waals surface area contributed by atoms with Gasteiger partial charge >= 0.3 is 0 Å². The van der Waals surface area contributed by atoms with Crippen molar-refractivity contribution >= 4 is 0 Å². The Hall–Kier alpha value is -0.0800. The van der Waals surface area contributed by atoms with Crippen LogP contribution in [0, 0.1) is 5.92 Å². The summed E-state index contributed by atoms with van der Waals surface area (Å²) in [5.41, 5.74) is 0.382. The number of nitrogens with zero attached hydrogens (tertiary/aromatic N) is 1. The average molecular weight is 252 g/mol. The normalized spacial score (nSPS) is 37.7. The average Bonchev–Trinajstić information content (AvgIpc) is 2.40. The van der Waals surface area contributed by atoms with Crippen LogP contribution in [0.1, 0.15) is 66.2 Å². The van der Waals surface area contributed by atoms with E-state index in [9.17, 15) is 0 Å². The van der Waals surface area contributed by atoms with Crippen LogP contribution < -0.4 is 5.32 Å². The zero-order valence-electron chi connectivity index (χ0n) is 12.8. The van der Waals surface area contributed by atoms with Gasteiger partial charge in [-0.05, 0) is 38.5 Å². The molecule has 18 heavy (non-hydrogen) atoms. The van der Waals surface area contributed by atoms with Gasteiger partial charge in [0, 0.05) is 30.7 Å². The summed E-state index contributed by atoms with van der Waals surface area (Å²) in [6.07, 6.45) is 8.26. The maximum atomic E-state index is 3.82. The van der Waals surface area contributed by atoms with Crippen molar-refractivity contribution in [1.82, 2.24) is 10.2 Å². The highest BCUT2D eigenvalue weighted by molar-refractivity contribution is 4.98. The van der Waals surface area contributed by atoms with Gasteiger partial charge in [0.1, 0.15) is 0 Å². The Bertz CT molecular complexity index is 260. The summed E-state index contributed by atoms with van der Waals surface area (Å²) in [4.78, 5) is 2.83. The summed E-state index contributed by atoms with van der Waals surface area (Å²) in [6.45, 7) is 12.0. The molecule has 2 fully saturated rings. The van der Waals surface area contributed by atoms with Crippen molar-refractivity contribution < 1.29 is 0 Å². The van der Waals surface area contributed by atoms with Crippen LogP contribution in [-0.4, -0.2) is 35.6 Å². The quantitative estimate of drug-likeness (QED) is 0.828. The molecule has 0 spiro atoms. The van der Waals surface area contributed by atoms with Crippen molar-refractivity contribution in [3.8, 4) is 0 Å². The molecule has 3 unspecified atom stereocenters. The van der Waals surface area contributed by atoms with E-state index >= 15 is 0 Å². The monoisotopic (exact) mass is 252 g/mol. The van der Waals surface area contributed by atoms with E-state index in [1.54, 1.807) is 0 Å². The molecule has 3 atom stereocenters. The molecule has 1 aliphatic heterocycles. The molecule has 0 amide bonds. The second-order valence-corrected chi connectivity index (χ2v) is 6.82. The second kappa shape index (κ2) is 5.92. The Labute approximate surface area is 114 Å². The number of hydrogen-bond donors (Lipinski definition) is 1. The summed E-state index contributed by atoms with van der Waals surface area (Å²) in [5, 5.41) is 3.82. The van der Waals surface area contributed by atoms with E-state index in [-0.39, 0.29) is 0 Å². The maximum Gasteiger partial charge on any atom is 0.0304 e. The van der Waals surface area contributed by atoms with Crippen LogP contribution >= 0.6 is 0 Å². The zero-order chi connectivity index (χ0) is 13.2. The first-order chi connectivity index (χ1) is 8.60. The van der Waals surface area contributed by atoms with Gasteiger partial charge in [0.25, 0.3) is 0 Å². The molecule has 1 saturated carbocycles. The first-order valence-corrected chi connectivity index (χ1v) is 8.11. The van der Waals surface area contributed by atoms with Crippen molar-refractivity contribution in [2.45, 2.75) is 83.8 Å². The van der Waals surface area contributed by atoms with E-state index in [1.165, 1.54) is 51.6 Å². The lowest BCUT2D eigenvalue weighted by molar-refractivity contribution is 0.0226. The molecular formula is C16H32N2. The lowest BCUT2D eigenvalue weighted by Crippen LogP contribution is -2.65. The van der Waals surface area contributed by atoms with Crippen molar-refractivity contribution in [2.75, 3.05) is 13.1 Å². The Kier molecular flexibility index (Phi) is 4.71. The molecule has 0 bridgehead atoms. The van der Waals surface area contributed by atoms with Gasteiger partial charge in [0.2, 0.25) is 0 Å². The van der Waals surface area contributed by atoms with Crippen LogP contribution in [0.2, 0.25) is 0 Å². The molecule has 1 saturated heterocycles. The third-order valence-corrected chi connectivity index (χ3v) is 5.56. The topological polar surface area (TPSA) is 15.3 Å². The summed E-state index contributed by atoms with van der Waals surface area (Å²) < 4.78 is 0. The van der Waals surface area contributed by atoms with Gasteiger partial charge in [-0.1, -0.05) is 33.6 Å². The molecule has 1 heterocycles. The van der Waals surface area contributed by atoms with Crippen molar-refractivity contribution in [1.29, 1.82) is 0 Å². The van der Waals surface area contributed by atoms with Gasteiger partial charge in [-0.25, -0.2) is 0 Å². The van der Waals surface area contributed by atoms with E-state index in [2.05, 4.69) is 37.9 Å². The summed E-state index contributed by atoms with van der Waals surface area (Å²) in [5.74, 6) is 0.934. The van der Waals surface area contributed by atoms with Crippen LogP contribution in [0.3, 0.4) is 0 Å². The maximum absolute atomic E-state index is 3.82. The summed E-state index contributed by atoms with van der Waals surface area (Å²) >= 11 is 0. The molecular weight excluding hydrogens is 220 g/mol. The lowest BCUT2D eigenvalue weighted by atomic mass is 9.82. The SMILES string of the molecule is CCC1(CC)CN(C2CCCC(C)C2)C(C)CN1. The third kappa shape index (κ3) is 2.91. The Morgan fingerprint density at radius 1 is 1.17 bits per heavy atom. The minimum atomic E-state index is 0.382. The molecule has 1 aliphatic carbocycles. The van der Waals surface area contributed by atoms with Crippen LogP contribution in [0.4, 0.5) is 0 Å². The van der Waals surface area contributed by atoms with Crippen molar-refractivity contribution in [3.63, 3.8) is 0 Å². The van der Waals surface area contributed by atoms with E-state index in [0.29, 0.717) is 11.6 Å². The molecule has 2 nitrogen and oxygen atoms in total. The molecule has 1 N–H and O–H groups in total. The first kappa shape index (κ1) is 14.3. The predicted molar refractivity (Wildman–Crippen MR) is 78.9 cm³/mol. The van der Waals surface area contributed by atoms with Crippen LogP contribution in [0.15, 0.2) is 0 Å². The Balaban J connectivity index is 2.04. The smallest absolute Gasteiger partial charge is 0.0304 e. The Morgan fingerprint density at radius 2 is 1.89 bits per heavy atom. The third-order valence-electron chi connectivity index (χ3n) is 5.56. The predicted octanol–water partition coefficient (Wildman–Crippen LogP) is 3.42. The minimum absolute atomic E-state index is 0.382. The molecule has 0 aromatic heterocycles. The number of piperazine rings is 1. The van der Waals surface area contributed by atoms with Crippen molar-refractivity contribution in [2.24, 2.45) is 5.92 Å². The highest BCUT2D eigenvalue weighted by Gasteiger charge is 2.38. The van der Waals surface area contributed by atoms with E-state index in [4.69, 9.17) is 0 Å². The lowest BCUT2D eigenvalue weighted by Gasteiger charge is -2.51. The molecule has 0 aromatic rings. The van der Waals surface area contributed by atoms with Crippen molar-refractivity contribution in [3.05, 3.63) is 0 Å². The zero-order valence-corrected chi connectivity index (χ0v) is 12.8. The van der Waals surface area contributed by atoms with E-state index < -0.39 is 0 Å². The number of rotatable bonds is 3. The molecule has 0 aromatic carbocycles. The fourth-order valence-electron chi connectivity index (χ4n) is 3.96. The molecule has 2 heteroatoms. The van der Waals surface area contributed by atoms with Gasteiger partial charge < -0.3 is 5.32 Å². The summed E-state index contributed by atoms with van der Waals surface area (Å²) in [7, 11) is 0. The highest BCUT2D eigenvalue weighted by Crippen LogP contribution is 2.32. The number of hydrogen-bond acceptors (Lipinski definition) is 2. The van der Waals surface area contributed by atoms with Crippen LogP contribution in [0.25, 0.3) is 0 Å². The molecule has 106 valence electrons. The van der Waals surface area contributed by atoms with E-state index in [1.807, 2.05) is 0 Å². The fraction of sp³-hybridized carbons (Fsp3) is 1.00. The number of nitrogens with one attached hydrogen (secondary N) is 1. The molecule has 2 rings (SSSR count). The van der Waals surface area contributed by atoms with Gasteiger partial charge in [-0.2, -0.15) is 0 Å². The standard InChI is InChI=1S/C16H32N2/c1-5-16(6-2)12-18(14(4)11-17-16)15-9-7-8-13(3)10-15/h13-15,17H,5-12H2,1-4H3.